The average Bonchev–Trinajstić information content (AvgIpc) is 2.49. The van der Waals surface area contributed by atoms with Crippen molar-refractivity contribution in [3.63, 3.8) is 0 Å². The molecule has 0 bridgehead atoms. The molecule has 5 nitrogen and oxygen atoms in total. The van der Waals surface area contributed by atoms with Crippen LogP contribution in [0.2, 0.25) is 10.0 Å². The molecule has 0 spiro atoms. The van der Waals surface area contributed by atoms with Gasteiger partial charge in [-0.05, 0) is 42.8 Å². The van der Waals surface area contributed by atoms with E-state index in [0.717, 1.165) is 16.1 Å². The third kappa shape index (κ3) is 4.20. The molecule has 0 aliphatic heterocycles. The van der Waals surface area contributed by atoms with E-state index in [-0.39, 0.29) is 10.6 Å². The number of nitrogens with zero attached hydrogens (tertiary/aromatic N) is 1. The predicted molar refractivity (Wildman–Crippen MR) is 98.8 cm³/mol. The molecule has 128 valence electrons. The van der Waals surface area contributed by atoms with Crippen molar-refractivity contribution < 1.29 is 13.2 Å². The zero-order chi connectivity index (χ0) is 18.1. The van der Waals surface area contributed by atoms with E-state index >= 15 is 0 Å². The van der Waals surface area contributed by atoms with Gasteiger partial charge < -0.3 is 5.32 Å². The monoisotopic (exact) mass is 386 g/mol. The Bertz CT molecular complexity index is 898. The molecule has 1 N–H and O–H groups in total. The zero-order valence-electron chi connectivity index (χ0n) is 13.3. The third-order valence-corrected chi connectivity index (χ3v) is 5.27. The summed E-state index contributed by atoms with van der Waals surface area (Å²) in [6.07, 6.45) is 1.08. The standard InChI is InChI=1S/C16H16Cl2N2O3S/c1-10-4-5-11(17)8-15(10)19-16(21)13-9-12(6-7-14(13)18)20(2)24(3,22)23/h4-9H,1-3H3,(H,19,21). The van der Waals surface area contributed by atoms with Crippen LogP contribution in [0.3, 0.4) is 0 Å². The van der Waals surface area contributed by atoms with Crippen LogP contribution in [0.15, 0.2) is 36.4 Å². The number of carbonyl (C=O) groups excluding carboxylic acids is 1. The van der Waals surface area contributed by atoms with Crippen molar-refractivity contribution >= 4 is 50.5 Å². The van der Waals surface area contributed by atoms with Crippen molar-refractivity contribution in [3.05, 3.63) is 57.6 Å². The van der Waals surface area contributed by atoms with Gasteiger partial charge in [0.15, 0.2) is 0 Å². The first-order valence-corrected chi connectivity index (χ1v) is 9.51. The van der Waals surface area contributed by atoms with E-state index in [1.54, 1.807) is 18.2 Å². The van der Waals surface area contributed by atoms with Crippen molar-refractivity contribution in [2.24, 2.45) is 0 Å². The fourth-order valence-corrected chi connectivity index (χ4v) is 2.87. The summed E-state index contributed by atoms with van der Waals surface area (Å²) < 4.78 is 24.4. The minimum Gasteiger partial charge on any atom is -0.322 e. The SMILES string of the molecule is Cc1ccc(Cl)cc1NC(=O)c1cc(N(C)S(C)(=O)=O)ccc1Cl. The fraction of sp³-hybridized carbons (Fsp3) is 0.188. The largest absolute Gasteiger partial charge is 0.322 e. The maximum absolute atomic E-state index is 12.5. The molecule has 0 atom stereocenters. The Morgan fingerprint density at radius 1 is 1.12 bits per heavy atom. The Balaban J connectivity index is 2.37. The summed E-state index contributed by atoms with van der Waals surface area (Å²) in [5, 5.41) is 3.45. The molecule has 0 saturated carbocycles. The number of carbonyl (C=O) groups is 1. The summed E-state index contributed by atoms with van der Waals surface area (Å²) in [6, 6.07) is 9.59. The third-order valence-electron chi connectivity index (χ3n) is 3.50. The molecular weight excluding hydrogens is 371 g/mol. The first-order chi connectivity index (χ1) is 11.1. The van der Waals surface area contributed by atoms with Crippen LogP contribution in [0, 0.1) is 6.92 Å². The van der Waals surface area contributed by atoms with Crippen molar-refractivity contribution in [3.8, 4) is 0 Å². The molecule has 2 aromatic carbocycles. The van der Waals surface area contributed by atoms with Gasteiger partial charge in [0.05, 0.1) is 22.5 Å². The van der Waals surface area contributed by atoms with Gasteiger partial charge in [-0.3, -0.25) is 9.10 Å². The second-order valence-electron chi connectivity index (χ2n) is 5.31. The molecule has 2 aromatic rings. The summed E-state index contributed by atoms with van der Waals surface area (Å²) in [5.41, 5.74) is 1.91. The van der Waals surface area contributed by atoms with Crippen molar-refractivity contribution in [2.45, 2.75) is 6.92 Å². The molecule has 0 saturated heterocycles. The van der Waals surface area contributed by atoms with E-state index in [2.05, 4.69) is 5.32 Å². The molecule has 24 heavy (non-hydrogen) atoms. The number of nitrogens with one attached hydrogen (secondary N) is 1. The maximum atomic E-state index is 12.5. The van der Waals surface area contributed by atoms with Gasteiger partial charge in [0.25, 0.3) is 5.91 Å². The number of amides is 1. The van der Waals surface area contributed by atoms with Gasteiger partial charge in [0.1, 0.15) is 0 Å². The van der Waals surface area contributed by atoms with Gasteiger partial charge in [0, 0.05) is 17.8 Å². The van der Waals surface area contributed by atoms with Crippen molar-refractivity contribution in [1.29, 1.82) is 0 Å². The summed E-state index contributed by atoms with van der Waals surface area (Å²) in [4.78, 5) is 12.5. The number of benzene rings is 2. The fourth-order valence-electron chi connectivity index (χ4n) is 1.99. The lowest BCUT2D eigenvalue weighted by Crippen LogP contribution is -2.25. The van der Waals surface area contributed by atoms with Crippen LogP contribution in [0.5, 0.6) is 0 Å². The van der Waals surface area contributed by atoms with Crippen LogP contribution in [0.25, 0.3) is 0 Å². The van der Waals surface area contributed by atoms with Crippen LogP contribution in [-0.2, 0) is 10.0 Å². The molecule has 0 fully saturated rings. The van der Waals surface area contributed by atoms with Crippen molar-refractivity contribution in [1.82, 2.24) is 0 Å². The lowest BCUT2D eigenvalue weighted by molar-refractivity contribution is 0.102. The number of hydrogen-bond acceptors (Lipinski definition) is 3. The van der Waals surface area contributed by atoms with E-state index in [0.29, 0.717) is 16.4 Å². The molecule has 0 aromatic heterocycles. The predicted octanol–water partition coefficient (Wildman–Crippen LogP) is 3.95. The number of sulfonamides is 1. The number of halogens is 2. The van der Waals surface area contributed by atoms with Gasteiger partial charge in [-0.1, -0.05) is 29.3 Å². The molecule has 0 unspecified atom stereocenters. The van der Waals surface area contributed by atoms with E-state index in [1.807, 2.05) is 6.92 Å². The highest BCUT2D eigenvalue weighted by atomic mass is 35.5. The summed E-state index contributed by atoms with van der Waals surface area (Å²) in [5.74, 6) is -0.450. The van der Waals surface area contributed by atoms with E-state index in [9.17, 15) is 13.2 Å². The highest BCUT2D eigenvalue weighted by Crippen LogP contribution is 2.26. The lowest BCUT2D eigenvalue weighted by Gasteiger charge is -2.18. The van der Waals surface area contributed by atoms with Crippen LogP contribution < -0.4 is 9.62 Å². The number of aryl methyl sites for hydroxylation is 1. The Hall–Kier alpha value is -1.76. The molecule has 0 aliphatic rings. The second kappa shape index (κ2) is 7.01. The molecule has 0 radical (unpaired) electrons. The minimum absolute atomic E-state index is 0.170. The summed E-state index contributed by atoms with van der Waals surface area (Å²) >= 11 is 12.0. The Morgan fingerprint density at radius 3 is 2.42 bits per heavy atom. The minimum atomic E-state index is -3.44. The van der Waals surface area contributed by atoms with Gasteiger partial charge in [-0.15, -0.1) is 0 Å². The summed E-state index contributed by atoms with van der Waals surface area (Å²) in [7, 11) is -2.04. The molecular formula is C16H16Cl2N2O3S. The van der Waals surface area contributed by atoms with Crippen LogP contribution in [0.4, 0.5) is 11.4 Å². The first kappa shape index (κ1) is 18.6. The second-order valence-corrected chi connectivity index (χ2v) is 8.17. The van der Waals surface area contributed by atoms with Gasteiger partial charge in [0.2, 0.25) is 10.0 Å². The van der Waals surface area contributed by atoms with Crippen LogP contribution in [0.1, 0.15) is 15.9 Å². The zero-order valence-corrected chi connectivity index (χ0v) is 15.6. The quantitative estimate of drug-likeness (QED) is 0.864. The first-order valence-electron chi connectivity index (χ1n) is 6.90. The van der Waals surface area contributed by atoms with E-state index < -0.39 is 15.9 Å². The molecule has 1 amide bonds. The summed E-state index contributed by atoms with van der Waals surface area (Å²) in [6.45, 7) is 1.83. The number of anilines is 2. The molecule has 0 heterocycles. The van der Waals surface area contributed by atoms with Gasteiger partial charge in [-0.25, -0.2) is 8.42 Å². The molecule has 0 aliphatic carbocycles. The topological polar surface area (TPSA) is 66.5 Å². The number of hydrogen-bond donors (Lipinski definition) is 1. The number of rotatable bonds is 4. The smallest absolute Gasteiger partial charge is 0.257 e. The Kier molecular flexibility index (Phi) is 5.42. The molecule has 2 rings (SSSR count). The van der Waals surface area contributed by atoms with E-state index in [1.165, 1.54) is 25.2 Å². The Labute approximate surface area is 151 Å². The lowest BCUT2D eigenvalue weighted by atomic mass is 10.1. The van der Waals surface area contributed by atoms with E-state index in [4.69, 9.17) is 23.2 Å². The Morgan fingerprint density at radius 2 is 1.79 bits per heavy atom. The highest BCUT2D eigenvalue weighted by Gasteiger charge is 2.17. The molecule has 8 heteroatoms. The van der Waals surface area contributed by atoms with Crippen LogP contribution >= 0.6 is 23.2 Å². The maximum Gasteiger partial charge on any atom is 0.257 e. The van der Waals surface area contributed by atoms with Gasteiger partial charge >= 0.3 is 0 Å². The normalized spacial score (nSPS) is 11.2. The van der Waals surface area contributed by atoms with Crippen LogP contribution in [-0.4, -0.2) is 27.6 Å². The average molecular weight is 387 g/mol. The highest BCUT2D eigenvalue weighted by molar-refractivity contribution is 7.92. The van der Waals surface area contributed by atoms with Crippen molar-refractivity contribution in [2.75, 3.05) is 22.9 Å². The van der Waals surface area contributed by atoms with Gasteiger partial charge in [-0.2, -0.15) is 0 Å².